The average molecular weight is 359 g/mol. The average Bonchev–Trinajstić information content (AvgIpc) is 3.30. The summed E-state index contributed by atoms with van der Waals surface area (Å²) in [4.78, 5) is 8.57. The van der Waals surface area contributed by atoms with Crippen molar-refractivity contribution in [3.63, 3.8) is 0 Å². The zero-order valence-electron chi connectivity index (χ0n) is 14.9. The molecule has 3 atom stereocenters. The zero-order valence-corrected chi connectivity index (χ0v) is 14.9. The van der Waals surface area contributed by atoms with Gasteiger partial charge < -0.3 is 15.0 Å². The second kappa shape index (κ2) is 7.60. The van der Waals surface area contributed by atoms with E-state index in [9.17, 15) is 10.4 Å². The molecule has 2 N–H and O–H groups in total. The van der Waals surface area contributed by atoms with Crippen molar-refractivity contribution in [1.29, 1.82) is 5.26 Å². The summed E-state index contributed by atoms with van der Waals surface area (Å²) in [5, 5.41) is 23.0. The number of pyridine rings is 1. The van der Waals surface area contributed by atoms with E-state index in [1.54, 1.807) is 12.3 Å². The SMILES string of the molecule is N#Cc1ncccc1N[C@@H]1CC(Cn2ccnc2-c2ccccc2)C[C@H]1O. The predicted molar refractivity (Wildman–Crippen MR) is 103 cm³/mol. The number of nitrogens with one attached hydrogen (secondary N) is 1. The van der Waals surface area contributed by atoms with Crippen molar-refractivity contribution in [3.8, 4) is 17.5 Å². The van der Waals surface area contributed by atoms with Gasteiger partial charge in [0.2, 0.25) is 0 Å². The topological polar surface area (TPSA) is 86.8 Å². The Hall–Kier alpha value is -3.17. The minimum atomic E-state index is -0.453. The van der Waals surface area contributed by atoms with Crippen LogP contribution >= 0.6 is 0 Å². The fourth-order valence-corrected chi connectivity index (χ4v) is 3.82. The lowest BCUT2D eigenvalue weighted by atomic mass is 10.1. The Kier molecular flexibility index (Phi) is 4.86. The van der Waals surface area contributed by atoms with Crippen molar-refractivity contribution in [1.82, 2.24) is 14.5 Å². The van der Waals surface area contributed by atoms with Gasteiger partial charge >= 0.3 is 0 Å². The number of nitrogens with zero attached hydrogens (tertiary/aromatic N) is 4. The van der Waals surface area contributed by atoms with E-state index in [4.69, 9.17) is 0 Å². The quantitative estimate of drug-likeness (QED) is 0.731. The number of rotatable bonds is 5. The number of aliphatic hydroxyl groups excluding tert-OH is 1. The first-order valence-corrected chi connectivity index (χ1v) is 9.11. The molecule has 136 valence electrons. The fraction of sp³-hybridized carbons (Fsp3) is 0.286. The monoisotopic (exact) mass is 359 g/mol. The maximum Gasteiger partial charge on any atom is 0.163 e. The lowest BCUT2D eigenvalue weighted by molar-refractivity contribution is 0.166. The minimum Gasteiger partial charge on any atom is -0.391 e. The van der Waals surface area contributed by atoms with Crippen LogP contribution in [-0.2, 0) is 6.54 Å². The molecular weight excluding hydrogens is 338 g/mol. The van der Waals surface area contributed by atoms with Gasteiger partial charge in [-0.05, 0) is 30.9 Å². The molecule has 3 aromatic rings. The highest BCUT2D eigenvalue weighted by molar-refractivity contribution is 5.55. The summed E-state index contributed by atoms with van der Waals surface area (Å²) >= 11 is 0. The molecule has 1 fully saturated rings. The maximum atomic E-state index is 10.5. The number of imidazole rings is 1. The highest BCUT2D eigenvalue weighted by Crippen LogP contribution is 2.31. The molecule has 1 saturated carbocycles. The maximum absolute atomic E-state index is 10.5. The molecule has 0 amide bonds. The van der Waals surface area contributed by atoms with Gasteiger partial charge in [0.05, 0.1) is 17.8 Å². The summed E-state index contributed by atoms with van der Waals surface area (Å²) in [5.74, 6) is 1.27. The molecule has 6 nitrogen and oxygen atoms in total. The normalized spacial score (nSPS) is 21.7. The largest absolute Gasteiger partial charge is 0.391 e. The lowest BCUT2D eigenvalue weighted by Gasteiger charge is -2.18. The van der Waals surface area contributed by atoms with Crippen LogP contribution in [0.1, 0.15) is 18.5 Å². The first-order valence-electron chi connectivity index (χ1n) is 9.11. The van der Waals surface area contributed by atoms with Crippen molar-refractivity contribution in [3.05, 3.63) is 66.7 Å². The van der Waals surface area contributed by atoms with Gasteiger partial charge in [-0.3, -0.25) is 0 Å². The molecule has 1 aliphatic carbocycles. The van der Waals surface area contributed by atoms with Crippen LogP contribution in [0.4, 0.5) is 5.69 Å². The van der Waals surface area contributed by atoms with Gasteiger partial charge in [0.25, 0.3) is 0 Å². The first-order chi connectivity index (χ1) is 13.2. The Morgan fingerprint density at radius 2 is 1.96 bits per heavy atom. The van der Waals surface area contributed by atoms with Crippen molar-refractivity contribution < 1.29 is 5.11 Å². The standard InChI is InChI=1S/C21H21N5O/c22-13-19-17(7-4-8-23-19)25-18-11-15(12-20(18)27)14-26-10-9-24-21(26)16-5-2-1-3-6-16/h1-10,15,18,20,25,27H,11-12,14H2/t15?,18-,20-/m1/s1. The number of hydrogen-bond donors (Lipinski definition) is 2. The van der Waals surface area contributed by atoms with Gasteiger partial charge in [-0.15, -0.1) is 0 Å². The predicted octanol–water partition coefficient (Wildman–Crippen LogP) is 3.07. The van der Waals surface area contributed by atoms with E-state index < -0.39 is 6.10 Å². The van der Waals surface area contributed by atoms with Gasteiger partial charge in [-0.1, -0.05) is 30.3 Å². The smallest absolute Gasteiger partial charge is 0.163 e. The number of aromatic nitrogens is 3. The van der Waals surface area contributed by atoms with E-state index in [0.717, 1.165) is 24.4 Å². The minimum absolute atomic E-state index is 0.0880. The van der Waals surface area contributed by atoms with Crippen LogP contribution in [0.25, 0.3) is 11.4 Å². The Labute approximate surface area is 158 Å². The highest BCUT2D eigenvalue weighted by atomic mass is 16.3. The third-order valence-corrected chi connectivity index (χ3v) is 5.08. The van der Waals surface area contributed by atoms with Gasteiger partial charge in [-0.2, -0.15) is 5.26 Å². The van der Waals surface area contributed by atoms with E-state index in [1.807, 2.05) is 36.7 Å². The van der Waals surface area contributed by atoms with E-state index in [-0.39, 0.29) is 6.04 Å². The molecule has 1 unspecified atom stereocenters. The van der Waals surface area contributed by atoms with Crippen molar-refractivity contribution in [2.75, 3.05) is 5.32 Å². The molecule has 0 bridgehead atoms. The second-order valence-electron chi connectivity index (χ2n) is 6.94. The molecule has 0 aliphatic heterocycles. The van der Waals surface area contributed by atoms with E-state index in [0.29, 0.717) is 23.7 Å². The molecule has 27 heavy (non-hydrogen) atoms. The van der Waals surface area contributed by atoms with Gasteiger partial charge in [0, 0.05) is 30.7 Å². The van der Waals surface area contributed by atoms with E-state index in [2.05, 4.69) is 38.1 Å². The number of hydrogen-bond acceptors (Lipinski definition) is 5. The third-order valence-electron chi connectivity index (χ3n) is 5.08. The molecule has 1 aliphatic rings. The fourth-order valence-electron chi connectivity index (χ4n) is 3.82. The summed E-state index contributed by atoms with van der Waals surface area (Å²) < 4.78 is 2.15. The Balaban J connectivity index is 1.46. The molecule has 0 radical (unpaired) electrons. The Morgan fingerprint density at radius 1 is 1.11 bits per heavy atom. The highest BCUT2D eigenvalue weighted by Gasteiger charge is 2.33. The number of benzene rings is 1. The summed E-state index contributed by atoms with van der Waals surface area (Å²) in [5.41, 5.74) is 2.12. The summed E-state index contributed by atoms with van der Waals surface area (Å²) in [6, 6.07) is 15.7. The molecule has 1 aromatic carbocycles. The molecule has 0 spiro atoms. The van der Waals surface area contributed by atoms with E-state index >= 15 is 0 Å². The Bertz CT molecular complexity index is 946. The summed E-state index contributed by atoms with van der Waals surface area (Å²) in [6.45, 7) is 0.803. The van der Waals surface area contributed by atoms with Crippen LogP contribution in [0.3, 0.4) is 0 Å². The zero-order chi connectivity index (χ0) is 18.6. The lowest BCUT2D eigenvalue weighted by Crippen LogP contribution is -2.28. The van der Waals surface area contributed by atoms with E-state index in [1.165, 1.54) is 0 Å². The molecule has 6 heteroatoms. The Morgan fingerprint density at radius 3 is 2.78 bits per heavy atom. The van der Waals surface area contributed by atoms with Crippen LogP contribution in [0.5, 0.6) is 0 Å². The number of nitriles is 1. The van der Waals surface area contributed by atoms with Gasteiger partial charge in [0.1, 0.15) is 11.9 Å². The van der Waals surface area contributed by atoms with Gasteiger partial charge in [-0.25, -0.2) is 9.97 Å². The molecule has 0 saturated heterocycles. The van der Waals surface area contributed by atoms with Crippen molar-refractivity contribution in [2.45, 2.75) is 31.5 Å². The van der Waals surface area contributed by atoms with Crippen LogP contribution in [0, 0.1) is 17.2 Å². The molecular formula is C21H21N5O. The van der Waals surface area contributed by atoms with Crippen LogP contribution in [0.15, 0.2) is 61.1 Å². The van der Waals surface area contributed by atoms with Crippen LogP contribution in [-0.4, -0.2) is 31.8 Å². The molecule has 2 heterocycles. The third kappa shape index (κ3) is 3.69. The van der Waals surface area contributed by atoms with Gasteiger partial charge in [0.15, 0.2) is 5.69 Å². The van der Waals surface area contributed by atoms with Crippen LogP contribution in [0.2, 0.25) is 0 Å². The first kappa shape index (κ1) is 17.3. The van der Waals surface area contributed by atoms with Crippen molar-refractivity contribution >= 4 is 5.69 Å². The number of aliphatic hydroxyl groups is 1. The molecule has 2 aromatic heterocycles. The summed E-state index contributed by atoms with van der Waals surface area (Å²) in [6.07, 6.45) is 6.50. The number of anilines is 1. The van der Waals surface area contributed by atoms with Crippen molar-refractivity contribution in [2.24, 2.45) is 5.92 Å². The van der Waals surface area contributed by atoms with Crippen LogP contribution < -0.4 is 5.32 Å². The molecule has 4 rings (SSSR count). The summed E-state index contributed by atoms with van der Waals surface area (Å²) in [7, 11) is 0. The second-order valence-corrected chi connectivity index (χ2v) is 6.94.